The summed E-state index contributed by atoms with van der Waals surface area (Å²) >= 11 is 6.09. The maximum atomic E-state index is 11.1. The van der Waals surface area contributed by atoms with Crippen LogP contribution in [-0.2, 0) is 6.42 Å². The highest BCUT2D eigenvalue weighted by Crippen LogP contribution is 2.19. The highest BCUT2D eigenvalue weighted by Gasteiger charge is 2.13. The Morgan fingerprint density at radius 3 is 2.79 bits per heavy atom. The standard InChI is InChI=1S/C12H14ClN5O/c1-3-4-9-16-10(13)7(2)12(17-9)18-6-8(5-15-18)11(14)19/h5-6H,3-4H2,1-2H3,(H2,14,19). The fourth-order valence-electron chi connectivity index (χ4n) is 1.64. The molecule has 0 saturated carbocycles. The zero-order chi connectivity index (χ0) is 14.0. The first kappa shape index (κ1) is 13.5. The molecule has 0 aliphatic carbocycles. The molecule has 2 aromatic heterocycles. The van der Waals surface area contributed by atoms with Crippen molar-refractivity contribution in [3.8, 4) is 5.82 Å². The lowest BCUT2D eigenvalue weighted by molar-refractivity contribution is 0.100. The number of nitrogens with two attached hydrogens (primary N) is 1. The molecule has 0 unspecified atom stereocenters. The largest absolute Gasteiger partial charge is 0.366 e. The molecule has 0 bridgehead atoms. The zero-order valence-electron chi connectivity index (χ0n) is 10.7. The Morgan fingerprint density at radius 2 is 2.21 bits per heavy atom. The van der Waals surface area contributed by atoms with Gasteiger partial charge in [-0.05, 0) is 13.3 Å². The van der Waals surface area contributed by atoms with Crippen LogP contribution in [0.3, 0.4) is 0 Å². The second-order valence-electron chi connectivity index (χ2n) is 4.17. The molecule has 0 atom stereocenters. The number of hydrogen-bond donors (Lipinski definition) is 1. The van der Waals surface area contributed by atoms with Gasteiger partial charge in [0.05, 0.1) is 11.8 Å². The molecular formula is C12H14ClN5O. The maximum absolute atomic E-state index is 11.1. The van der Waals surface area contributed by atoms with Gasteiger partial charge in [-0.1, -0.05) is 18.5 Å². The smallest absolute Gasteiger partial charge is 0.251 e. The Bertz CT molecular complexity index is 623. The quantitative estimate of drug-likeness (QED) is 0.863. The van der Waals surface area contributed by atoms with Gasteiger partial charge in [0.2, 0.25) is 0 Å². The van der Waals surface area contributed by atoms with Gasteiger partial charge in [-0.3, -0.25) is 4.79 Å². The van der Waals surface area contributed by atoms with E-state index >= 15 is 0 Å². The zero-order valence-corrected chi connectivity index (χ0v) is 11.5. The molecule has 2 aromatic rings. The molecule has 0 aliphatic heterocycles. The molecule has 0 fully saturated rings. The van der Waals surface area contributed by atoms with E-state index in [1.165, 1.54) is 17.1 Å². The molecule has 19 heavy (non-hydrogen) atoms. The first-order valence-electron chi connectivity index (χ1n) is 5.90. The van der Waals surface area contributed by atoms with Crippen LogP contribution in [0.5, 0.6) is 0 Å². The third kappa shape index (κ3) is 2.73. The number of hydrogen-bond acceptors (Lipinski definition) is 4. The van der Waals surface area contributed by atoms with Crippen LogP contribution >= 0.6 is 11.6 Å². The van der Waals surface area contributed by atoms with E-state index in [9.17, 15) is 4.79 Å². The minimum atomic E-state index is -0.530. The number of halogens is 1. The topological polar surface area (TPSA) is 86.7 Å². The summed E-state index contributed by atoms with van der Waals surface area (Å²) in [6.45, 7) is 3.84. The molecule has 0 saturated heterocycles. The van der Waals surface area contributed by atoms with Gasteiger partial charge in [0.1, 0.15) is 11.0 Å². The van der Waals surface area contributed by atoms with E-state index in [0.29, 0.717) is 27.9 Å². The molecule has 0 spiro atoms. The van der Waals surface area contributed by atoms with Crippen LogP contribution in [0.15, 0.2) is 12.4 Å². The minimum absolute atomic E-state index is 0.325. The number of rotatable bonds is 4. The summed E-state index contributed by atoms with van der Waals surface area (Å²) in [4.78, 5) is 19.7. The molecule has 0 aromatic carbocycles. The Morgan fingerprint density at radius 1 is 1.47 bits per heavy atom. The monoisotopic (exact) mass is 279 g/mol. The van der Waals surface area contributed by atoms with E-state index in [0.717, 1.165) is 12.8 Å². The molecule has 2 heterocycles. The normalized spacial score (nSPS) is 10.7. The van der Waals surface area contributed by atoms with Crippen molar-refractivity contribution in [2.45, 2.75) is 26.7 Å². The lowest BCUT2D eigenvalue weighted by Gasteiger charge is -2.08. The van der Waals surface area contributed by atoms with E-state index in [4.69, 9.17) is 17.3 Å². The summed E-state index contributed by atoms with van der Waals surface area (Å²) in [7, 11) is 0. The molecule has 2 rings (SSSR count). The van der Waals surface area contributed by atoms with Crippen LogP contribution < -0.4 is 5.73 Å². The molecule has 6 nitrogen and oxygen atoms in total. The molecule has 1 amide bonds. The Labute approximate surface area is 115 Å². The number of amides is 1. The minimum Gasteiger partial charge on any atom is -0.366 e. The van der Waals surface area contributed by atoms with Gasteiger partial charge in [0, 0.05) is 18.2 Å². The summed E-state index contributed by atoms with van der Waals surface area (Å²) in [6, 6.07) is 0. The number of nitrogens with zero attached hydrogens (tertiary/aromatic N) is 4. The van der Waals surface area contributed by atoms with Gasteiger partial charge in [-0.15, -0.1) is 0 Å². The predicted molar refractivity (Wildman–Crippen MR) is 71.4 cm³/mol. The fraction of sp³-hybridized carbons (Fsp3) is 0.333. The number of carbonyl (C=O) groups excluding carboxylic acids is 1. The molecule has 7 heteroatoms. The van der Waals surface area contributed by atoms with Crippen molar-refractivity contribution in [2.75, 3.05) is 0 Å². The lowest BCUT2D eigenvalue weighted by atomic mass is 10.3. The van der Waals surface area contributed by atoms with Crippen LogP contribution in [0, 0.1) is 6.92 Å². The van der Waals surface area contributed by atoms with Crippen molar-refractivity contribution < 1.29 is 4.79 Å². The predicted octanol–water partition coefficient (Wildman–Crippen LogP) is 1.68. The van der Waals surface area contributed by atoms with Crippen molar-refractivity contribution >= 4 is 17.5 Å². The first-order valence-corrected chi connectivity index (χ1v) is 6.28. The van der Waals surface area contributed by atoms with Crippen molar-refractivity contribution in [3.05, 3.63) is 34.5 Å². The molecule has 0 aliphatic rings. The first-order chi connectivity index (χ1) is 9.02. The highest BCUT2D eigenvalue weighted by molar-refractivity contribution is 6.30. The van der Waals surface area contributed by atoms with Crippen molar-refractivity contribution in [1.29, 1.82) is 0 Å². The molecule has 2 N–H and O–H groups in total. The van der Waals surface area contributed by atoms with Gasteiger partial charge >= 0.3 is 0 Å². The van der Waals surface area contributed by atoms with Gasteiger partial charge in [0.25, 0.3) is 5.91 Å². The second kappa shape index (κ2) is 5.36. The SMILES string of the molecule is CCCc1nc(Cl)c(C)c(-n2cc(C(N)=O)cn2)n1. The summed E-state index contributed by atoms with van der Waals surface area (Å²) in [5, 5.41) is 4.47. The molecule has 100 valence electrons. The fourth-order valence-corrected chi connectivity index (χ4v) is 1.83. The average molecular weight is 280 g/mol. The summed E-state index contributed by atoms with van der Waals surface area (Å²) in [6.07, 6.45) is 4.59. The highest BCUT2D eigenvalue weighted by atomic mass is 35.5. The second-order valence-corrected chi connectivity index (χ2v) is 4.53. The van der Waals surface area contributed by atoms with Crippen molar-refractivity contribution in [2.24, 2.45) is 5.73 Å². The number of carbonyl (C=O) groups is 1. The van der Waals surface area contributed by atoms with Gasteiger partial charge in [0.15, 0.2) is 5.82 Å². The summed E-state index contributed by atoms with van der Waals surface area (Å²) in [5.74, 6) is 0.693. The molecule has 0 radical (unpaired) electrons. The average Bonchev–Trinajstić information content (AvgIpc) is 2.83. The van der Waals surface area contributed by atoms with Crippen molar-refractivity contribution in [3.63, 3.8) is 0 Å². The maximum Gasteiger partial charge on any atom is 0.251 e. The van der Waals surface area contributed by atoms with Gasteiger partial charge < -0.3 is 5.73 Å². The Balaban J connectivity index is 2.50. The van der Waals surface area contributed by atoms with Crippen molar-refractivity contribution in [1.82, 2.24) is 19.7 Å². The number of aromatic nitrogens is 4. The van der Waals surface area contributed by atoms with Gasteiger partial charge in [-0.2, -0.15) is 5.10 Å². The van der Waals surface area contributed by atoms with Crippen LogP contribution in [-0.4, -0.2) is 25.7 Å². The van der Waals surface area contributed by atoms with Gasteiger partial charge in [-0.25, -0.2) is 14.6 Å². The van der Waals surface area contributed by atoms with E-state index in [-0.39, 0.29) is 0 Å². The summed E-state index contributed by atoms with van der Waals surface area (Å²) < 4.78 is 1.49. The number of aryl methyl sites for hydroxylation is 1. The third-order valence-corrected chi connectivity index (χ3v) is 3.03. The van der Waals surface area contributed by atoms with Crippen LogP contribution in [0.2, 0.25) is 5.15 Å². The Hall–Kier alpha value is -1.95. The van der Waals surface area contributed by atoms with Crippen LogP contribution in [0.25, 0.3) is 5.82 Å². The number of primary amides is 1. The van der Waals surface area contributed by atoms with E-state index in [1.807, 2.05) is 6.92 Å². The van der Waals surface area contributed by atoms with Crippen LogP contribution in [0.1, 0.15) is 35.1 Å². The van der Waals surface area contributed by atoms with E-state index < -0.39 is 5.91 Å². The van der Waals surface area contributed by atoms with Crippen LogP contribution in [0.4, 0.5) is 0 Å². The lowest BCUT2D eigenvalue weighted by Crippen LogP contribution is -2.10. The van der Waals surface area contributed by atoms with E-state index in [2.05, 4.69) is 15.1 Å². The molecular weight excluding hydrogens is 266 g/mol. The summed E-state index contributed by atoms with van der Waals surface area (Å²) in [5.41, 5.74) is 6.23. The Kier molecular flexibility index (Phi) is 3.80. The van der Waals surface area contributed by atoms with E-state index in [1.54, 1.807) is 6.92 Å². The third-order valence-electron chi connectivity index (χ3n) is 2.66.